The third kappa shape index (κ3) is 2.02. The molecule has 0 atom stereocenters. The molecule has 0 aliphatic rings. The smallest absolute Gasteiger partial charge is 0.0855 e. The van der Waals surface area contributed by atoms with Gasteiger partial charge in [-0.2, -0.15) is 5.26 Å². The summed E-state index contributed by atoms with van der Waals surface area (Å²) in [6.45, 7) is 4.05. The highest BCUT2D eigenvalue weighted by Gasteiger charge is 2.05. The minimum Gasteiger partial charge on any atom is -0.253 e. The molecule has 2 rings (SSSR count). The molecule has 80 valence electrons. The first-order chi connectivity index (χ1) is 7.72. The summed E-state index contributed by atoms with van der Waals surface area (Å²) in [6, 6.07) is 10.4. The van der Waals surface area contributed by atoms with E-state index >= 15 is 0 Å². The number of pyridine rings is 1. The number of rotatable bonds is 2. The maximum absolute atomic E-state index is 8.64. The molecular weight excluding hydrogens is 216 g/mol. The molecule has 0 saturated heterocycles. The Balaban J connectivity index is 2.64. The first-order valence-corrected chi connectivity index (χ1v) is 6.07. The quantitative estimate of drug-likeness (QED) is 0.738. The van der Waals surface area contributed by atoms with Crippen molar-refractivity contribution in [2.24, 2.45) is 0 Å². The van der Waals surface area contributed by atoms with E-state index in [1.807, 2.05) is 19.1 Å². The van der Waals surface area contributed by atoms with Crippen LogP contribution in [0.2, 0.25) is 0 Å². The van der Waals surface area contributed by atoms with Crippen LogP contribution in [0.1, 0.15) is 11.3 Å². The molecule has 0 spiro atoms. The predicted octanol–water partition coefficient (Wildman–Crippen LogP) is 3.47. The SMILES string of the molecule is Cc1cc(SCC#N)c2cccc(C)c2n1. The highest BCUT2D eigenvalue weighted by Crippen LogP contribution is 2.28. The Morgan fingerprint density at radius 1 is 1.38 bits per heavy atom. The molecule has 0 N–H and O–H groups in total. The van der Waals surface area contributed by atoms with E-state index in [0.717, 1.165) is 21.5 Å². The van der Waals surface area contributed by atoms with Gasteiger partial charge in [-0.05, 0) is 25.5 Å². The Morgan fingerprint density at radius 3 is 2.94 bits per heavy atom. The van der Waals surface area contributed by atoms with E-state index in [2.05, 4.69) is 30.1 Å². The molecule has 0 saturated carbocycles. The Morgan fingerprint density at radius 2 is 2.19 bits per heavy atom. The zero-order valence-corrected chi connectivity index (χ0v) is 10.1. The van der Waals surface area contributed by atoms with Crippen LogP contribution in [0.4, 0.5) is 0 Å². The molecule has 0 aliphatic heterocycles. The minimum absolute atomic E-state index is 0.479. The Labute approximate surface area is 99.3 Å². The number of fused-ring (bicyclic) bond motifs is 1. The third-order valence-corrected chi connectivity index (χ3v) is 3.35. The van der Waals surface area contributed by atoms with Gasteiger partial charge in [0.25, 0.3) is 0 Å². The number of thioether (sulfide) groups is 1. The number of aryl methyl sites for hydroxylation is 2. The van der Waals surface area contributed by atoms with E-state index in [9.17, 15) is 0 Å². The first kappa shape index (κ1) is 11.0. The van der Waals surface area contributed by atoms with E-state index in [1.165, 1.54) is 5.56 Å². The number of hydrogen-bond donors (Lipinski definition) is 0. The largest absolute Gasteiger partial charge is 0.253 e. The van der Waals surface area contributed by atoms with Gasteiger partial charge in [-0.1, -0.05) is 18.2 Å². The second kappa shape index (κ2) is 4.54. The molecule has 3 heteroatoms. The molecular formula is C13H12N2S. The maximum Gasteiger partial charge on any atom is 0.0855 e. The highest BCUT2D eigenvalue weighted by molar-refractivity contribution is 7.99. The number of aromatic nitrogens is 1. The molecule has 0 amide bonds. The van der Waals surface area contributed by atoms with Crippen molar-refractivity contribution in [3.63, 3.8) is 0 Å². The number of benzene rings is 1. The first-order valence-electron chi connectivity index (χ1n) is 5.09. The van der Waals surface area contributed by atoms with Gasteiger partial charge >= 0.3 is 0 Å². The van der Waals surface area contributed by atoms with E-state index < -0.39 is 0 Å². The van der Waals surface area contributed by atoms with Crippen LogP contribution in [0.3, 0.4) is 0 Å². The van der Waals surface area contributed by atoms with Gasteiger partial charge in [-0.15, -0.1) is 11.8 Å². The van der Waals surface area contributed by atoms with Crippen LogP contribution in [-0.2, 0) is 0 Å². The zero-order chi connectivity index (χ0) is 11.5. The molecule has 2 aromatic rings. The normalized spacial score (nSPS) is 10.3. The van der Waals surface area contributed by atoms with Crippen molar-refractivity contribution in [3.8, 4) is 6.07 Å². The Kier molecular flexibility index (Phi) is 3.12. The highest BCUT2D eigenvalue weighted by atomic mass is 32.2. The maximum atomic E-state index is 8.64. The van der Waals surface area contributed by atoms with Crippen LogP contribution in [0, 0.1) is 25.2 Å². The summed E-state index contributed by atoms with van der Waals surface area (Å²) in [4.78, 5) is 5.69. The number of para-hydroxylation sites is 1. The minimum atomic E-state index is 0.479. The lowest BCUT2D eigenvalue weighted by Gasteiger charge is -2.07. The fraction of sp³-hybridized carbons (Fsp3) is 0.231. The van der Waals surface area contributed by atoms with Gasteiger partial charge in [0.1, 0.15) is 0 Å². The summed E-state index contributed by atoms with van der Waals surface area (Å²) >= 11 is 1.57. The average Bonchev–Trinajstić information content (AvgIpc) is 2.27. The van der Waals surface area contributed by atoms with Crippen molar-refractivity contribution in [1.82, 2.24) is 4.98 Å². The fourth-order valence-electron chi connectivity index (χ4n) is 1.71. The van der Waals surface area contributed by atoms with Crippen LogP contribution in [0.5, 0.6) is 0 Å². The van der Waals surface area contributed by atoms with Crippen molar-refractivity contribution in [2.75, 3.05) is 5.75 Å². The molecule has 0 unspecified atom stereocenters. The van der Waals surface area contributed by atoms with Crippen molar-refractivity contribution in [1.29, 1.82) is 5.26 Å². The van der Waals surface area contributed by atoms with Crippen LogP contribution in [0.15, 0.2) is 29.2 Å². The Bertz CT molecular complexity index is 570. The van der Waals surface area contributed by atoms with E-state index in [4.69, 9.17) is 5.26 Å². The molecule has 1 heterocycles. The van der Waals surface area contributed by atoms with Gasteiger partial charge in [0, 0.05) is 16.0 Å². The van der Waals surface area contributed by atoms with Gasteiger partial charge < -0.3 is 0 Å². The molecule has 1 aromatic heterocycles. The molecule has 0 radical (unpaired) electrons. The second-order valence-corrected chi connectivity index (χ2v) is 4.70. The van der Waals surface area contributed by atoms with Crippen molar-refractivity contribution >= 4 is 22.7 Å². The lowest BCUT2D eigenvalue weighted by molar-refractivity contribution is 1.21. The van der Waals surface area contributed by atoms with Crippen LogP contribution < -0.4 is 0 Å². The molecule has 16 heavy (non-hydrogen) atoms. The van der Waals surface area contributed by atoms with Crippen molar-refractivity contribution in [2.45, 2.75) is 18.7 Å². The summed E-state index contributed by atoms with van der Waals surface area (Å²) in [6.07, 6.45) is 0. The van der Waals surface area contributed by atoms with Crippen LogP contribution in [0.25, 0.3) is 10.9 Å². The third-order valence-electron chi connectivity index (χ3n) is 2.42. The molecule has 1 aromatic carbocycles. The molecule has 2 nitrogen and oxygen atoms in total. The van der Waals surface area contributed by atoms with E-state index in [1.54, 1.807) is 11.8 Å². The van der Waals surface area contributed by atoms with E-state index in [-0.39, 0.29) is 0 Å². The molecule has 0 bridgehead atoms. The van der Waals surface area contributed by atoms with Gasteiger partial charge in [0.05, 0.1) is 17.3 Å². The van der Waals surface area contributed by atoms with Crippen molar-refractivity contribution in [3.05, 3.63) is 35.5 Å². The van der Waals surface area contributed by atoms with Gasteiger partial charge in [-0.3, -0.25) is 4.98 Å². The van der Waals surface area contributed by atoms with E-state index in [0.29, 0.717) is 5.75 Å². The summed E-state index contributed by atoms with van der Waals surface area (Å²) in [5, 5.41) is 9.78. The molecule has 0 fully saturated rings. The standard InChI is InChI=1S/C13H12N2S/c1-9-4-3-5-11-12(16-7-6-14)8-10(2)15-13(9)11/h3-5,8H,7H2,1-2H3. The zero-order valence-electron chi connectivity index (χ0n) is 9.32. The monoisotopic (exact) mass is 228 g/mol. The summed E-state index contributed by atoms with van der Waals surface area (Å²) in [7, 11) is 0. The number of nitrogens with zero attached hydrogens (tertiary/aromatic N) is 2. The number of nitriles is 1. The van der Waals surface area contributed by atoms with Gasteiger partial charge in [0.15, 0.2) is 0 Å². The topological polar surface area (TPSA) is 36.7 Å². The lowest BCUT2D eigenvalue weighted by atomic mass is 10.1. The summed E-state index contributed by atoms with van der Waals surface area (Å²) < 4.78 is 0. The second-order valence-electron chi connectivity index (χ2n) is 3.68. The van der Waals surface area contributed by atoms with Crippen LogP contribution in [-0.4, -0.2) is 10.7 Å². The average molecular weight is 228 g/mol. The van der Waals surface area contributed by atoms with Gasteiger partial charge in [-0.25, -0.2) is 0 Å². The van der Waals surface area contributed by atoms with Gasteiger partial charge in [0.2, 0.25) is 0 Å². The summed E-state index contributed by atoms with van der Waals surface area (Å²) in [5.74, 6) is 0.479. The van der Waals surface area contributed by atoms with Crippen LogP contribution >= 0.6 is 11.8 Å². The summed E-state index contributed by atoms with van der Waals surface area (Å²) in [5.41, 5.74) is 3.23. The predicted molar refractivity (Wildman–Crippen MR) is 67.6 cm³/mol. The Hall–Kier alpha value is -1.53. The fourth-order valence-corrected chi connectivity index (χ4v) is 2.51. The number of hydrogen-bond acceptors (Lipinski definition) is 3. The molecule has 0 aliphatic carbocycles. The van der Waals surface area contributed by atoms with Crippen molar-refractivity contribution < 1.29 is 0 Å². The lowest BCUT2D eigenvalue weighted by Crippen LogP contribution is -1.89.